The molecule has 0 aliphatic heterocycles. The van der Waals surface area contributed by atoms with E-state index in [-0.39, 0.29) is 5.91 Å². The number of aliphatic imine (C=N–C) groups is 1. The van der Waals surface area contributed by atoms with E-state index in [1.807, 2.05) is 31.2 Å². The third-order valence-corrected chi connectivity index (χ3v) is 4.04. The fraction of sp³-hybridized carbons (Fsp3) is 0.600. The van der Waals surface area contributed by atoms with Crippen molar-refractivity contribution in [1.82, 2.24) is 16.0 Å². The molecule has 0 aliphatic rings. The van der Waals surface area contributed by atoms with E-state index in [0.29, 0.717) is 24.7 Å². The lowest BCUT2D eigenvalue weighted by Gasteiger charge is -2.18. The summed E-state index contributed by atoms with van der Waals surface area (Å²) in [4.78, 5) is 16.0. The van der Waals surface area contributed by atoms with Crippen LogP contribution in [0.2, 0.25) is 0 Å². The maximum Gasteiger partial charge on any atom is 0.251 e. The van der Waals surface area contributed by atoms with Gasteiger partial charge in [-0.1, -0.05) is 38.8 Å². The van der Waals surface area contributed by atoms with Gasteiger partial charge in [-0.15, -0.1) is 0 Å². The van der Waals surface area contributed by atoms with E-state index in [1.165, 1.54) is 12.8 Å². The van der Waals surface area contributed by atoms with Gasteiger partial charge in [0, 0.05) is 31.7 Å². The largest absolute Gasteiger partial charge is 0.354 e. The second kappa shape index (κ2) is 11.5. The number of carbonyl (C=O) groups is 1. The molecular formula is C20H34N4O. The Bertz CT molecular complexity index is 537. The molecule has 0 saturated heterocycles. The van der Waals surface area contributed by atoms with E-state index in [9.17, 15) is 4.79 Å². The number of nitrogens with one attached hydrogen (secondary N) is 3. The van der Waals surface area contributed by atoms with E-state index < -0.39 is 0 Å². The van der Waals surface area contributed by atoms with Crippen molar-refractivity contribution in [2.24, 2.45) is 10.9 Å². The maximum absolute atomic E-state index is 11.8. The number of guanidine groups is 1. The van der Waals surface area contributed by atoms with Gasteiger partial charge in [-0.2, -0.15) is 0 Å². The zero-order valence-electron chi connectivity index (χ0n) is 16.4. The number of nitrogens with zero attached hydrogens (tertiary/aromatic N) is 1. The molecule has 1 aromatic carbocycles. The monoisotopic (exact) mass is 346 g/mol. The summed E-state index contributed by atoms with van der Waals surface area (Å²) < 4.78 is 0. The van der Waals surface area contributed by atoms with Gasteiger partial charge < -0.3 is 16.0 Å². The first-order valence-electron chi connectivity index (χ1n) is 9.30. The van der Waals surface area contributed by atoms with Crippen LogP contribution in [0, 0.1) is 5.92 Å². The topological polar surface area (TPSA) is 65.5 Å². The first-order chi connectivity index (χ1) is 12.0. The quantitative estimate of drug-likeness (QED) is 0.475. The first kappa shape index (κ1) is 21.0. The Morgan fingerprint density at radius 2 is 1.76 bits per heavy atom. The summed E-state index contributed by atoms with van der Waals surface area (Å²) in [6.07, 6.45) is 3.63. The second-order valence-corrected chi connectivity index (χ2v) is 6.85. The van der Waals surface area contributed by atoms with Crippen LogP contribution in [0.5, 0.6) is 0 Å². The Hall–Kier alpha value is -2.04. The molecule has 0 radical (unpaired) electrons. The van der Waals surface area contributed by atoms with Crippen molar-refractivity contribution in [3.8, 4) is 0 Å². The summed E-state index contributed by atoms with van der Waals surface area (Å²) in [6.45, 7) is 9.94. The minimum absolute atomic E-state index is 0.0327. The maximum atomic E-state index is 11.8. The SMILES string of the molecule is CCNC(=O)c1ccc(CNC(=NC)NC(C)CCCC(C)C)cc1. The highest BCUT2D eigenvalue weighted by Crippen LogP contribution is 2.08. The summed E-state index contributed by atoms with van der Waals surface area (Å²) in [5.41, 5.74) is 1.80. The molecule has 0 saturated carbocycles. The van der Waals surface area contributed by atoms with Gasteiger partial charge in [-0.25, -0.2) is 0 Å². The lowest BCUT2D eigenvalue weighted by molar-refractivity contribution is 0.0956. The molecule has 3 N–H and O–H groups in total. The summed E-state index contributed by atoms with van der Waals surface area (Å²) in [5, 5.41) is 9.56. The van der Waals surface area contributed by atoms with Crippen molar-refractivity contribution >= 4 is 11.9 Å². The Balaban J connectivity index is 2.42. The zero-order valence-corrected chi connectivity index (χ0v) is 16.4. The first-order valence-corrected chi connectivity index (χ1v) is 9.30. The highest BCUT2D eigenvalue weighted by atomic mass is 16.1. The Kier molecular flexibility index (Phi) is 9.66. The van der Waals surface area contributed by atoms with Gasteiger partial charge in [0.1, 0.15) is 0 Å². The number of amides is 1. The molecule has 0 fully saturated rings. The summed E-state index contributed by atoms with van der Waals surface area (Å²) in [5.74, 6) is 1.53. The molecule has 0 aliphatic carbocycles. The van der Waals surface area contributed by atoms with Gasteiger partial charge in [0.05, 0.1) is 0 Å². The van der Waals surface area contributed by atoms with Crippen molar-refractivity contribution in [3.05, 3.63) is 35.4 Å². The lowest BCUT2D eigenvalue weighted by Crippen LogP contribution is -2.41. The highest BCUT2D eigenvalue weighted by molar-refractivity contribution is 5.94. The fourth-order valence-electron chi connectivity index (χ4n) is 2.55. The molecule has 1 rings (SSSR count). The third kappa shape index (κ3) is 8.57. The predicted molar refractivity (Wildman–Crippen MR) is 106 cm³/mol. The molecule has 140 valence electrons. The molecule has 0 heterocycles. The van der Waals surface area contributed by atoms with Crippen molar-refractivity contribution in [2.45, 2.75) is 59.5 Å². The molecule has 5 heteroatoms. The van der Waals surface area contributed by atoms with Crippen molar-refractivity contribution in [2.75, 3.05) is 13.6 Å². The van der Waals surface area contributed by atoms with Crippen LogP contribution in [0.15, 0.2) is 29.3 Å². The Labute approximate surface area is 152 Å². The van der Waals surface area contributed by atoms with E-state index in [0.717, 1.165) is 23.9 Å². The molecule has 1 atom stereocenters. The smallest absolute Gasteiger partial charge is 0.251 e. The van der Waals surface area contributed by atoms with Gasteiger partial charge in [0.15, 0.2) is 5.96 Å². The summed E-state index contributed by atoms with van der Waals surface area (Å²) >= 11 is 0. The van der Waals surface area contributed by atoms with Crippen molar-refractivity contribution in [3.63, 3.8) is 0 Å². The predicted octanol–water partition coefficient (Wildman–Crippen LogP) is 3.32. The van der Waals surface area contributed by atoms with Crippen LogP contribution in [0.25, 0.3) is 0 Å². The molecule has 1 unspecified atom stereocenters. The van der Waals surface area contributed by atoms with E-state index in [2.05, 4.69) is 41.7 Å². The minimum Gasteiger partial charge on any atom is -0.354 e. The Morgan fingerprint density at radius 1 is 1.08 bits per heavy atom. The van der Waals surface area contributed by atoms with Crippen LogP contribution in [0.3, 0.4) is 0 Å². The average Bonchev–Trinajstić information content (AvgIpc) is 2.58. The third-order valence-electron chi connectivity index (χ3n) is 4.04. The minimum atomic E-state index is -0.0327. The van der Waals surface area contributed by atoms with E-state index in [1.54, 1.807) is 7.05 Å². The van der Waals surface area contributed by atoms with Gasteiger partial charge in [0.25, 0.3) is 5.91 Å². The van der Waals surface area contributed by atoms with Crippen LogP contribution >= 0.6 is 0 Å². The second-order valence-electron chi connectivity index (χ2n) is 6.85. The van der Waals surface area contributed by atoms with Crippen LogP contribution in [0.4, 0.5) is 0 Å². The standard InChI is InChI=1S/C20H34N4O/c1-6-22-19(25)18-12-10-17(11-13-18)14-23-20(21-5)24-16(4)9-7-8-15(2)3/h10-13,15-16H,6-9,14H2,1-5H3,(H,22,25)(H2,21,23,24). The number of carbonyl (C=O) groups excluding carboxylic acids is 1. The lowest BCUT2D eigenvalue weighted by atomic mass is 10.0. The van der Waals surface area contributed by atoms with Crippen molar-refractivity contribution < 1.29 is 4.79 Å². The van der Waals surface area contributed by atoms with Crippen LogP contribution < -0.4 is 16.0 Å². The summed E-state index contributed by atoms with van der Waals surface area (Å²) in [7, 11) is 1.79. The van der Waals surface area contributed by atoms with Gasteiger partial charge in [-0.05, 0) is 43.9 Å². The fourth-order valence-corrected chi connectivity index (χ4v) is 2.55. The highest BCUT2D eigenvalue weighted by Gasteiger charge is 2.07. The number of hydrogen-bond acceptors (Lipinski definition) is 2. The molecule has 1 amide bonds. The molecule has 0 bridgehead atoms. The van der Waals surface area contributed by atoms with Crippen LogP contribution in [0.1, 0.15) is 62.9 Å². The zero-order chi connectivity index (χ0) is 18.7. The van der Waals surface area contributed by atoms with Gasteiger partial charge in [0.2, 0.25) is 0 Å². The van der Waals surface area contributed by atoms with Gasteiger partial charge in [-0.3, -0.25) is 9.79 Å². The number of hydrogen-bond donors (Lipinski definition) is 3. The Morgan fingerprint density at radius 3 is 2.32 bits per heavy atom. The average molecular weight is 347 g/mol. The number of rotatable bonds is 9. The molecule has 0 spiro atoms. The molecule has 0 aromatic heterocycles. The normalized spacial score (nSPS) is 12.8. The van der Waals surface area contributed by atoms with E-state index >= 15 is 0 Å². The van der Waals surface area contributed by atoms with E-state index in [4.69, 9.17) is 0 Å². The van der Waals surface area contributed by atoms with Crippen LogP contribution in [-0.4, -0.2) is 31.5 Å². The molecule has 5 nitrogen and oxygen atoms in total. The molecule has 1 aromatic rings. The van der Waals surface area contributed by atoms with Crippen LogP contribution in [-0.2, 0) is 6.54 Å². The van der Waals surface area contributed by atoms with Gasteiger partial charge >= 0.3 is 0 Å². The molecular weight excluding hydrogens is 312 g/mol. The summed E-state index contributed by atoms with van der Waals surface area (Å²) in [6, 6.07) is 8.04. The number of benzene rings is 1. The van der Waals surface area contributed by atoms with Crippen molar-refractivity contribution in [1.29, 1.82) is 0 Å². The molecule has 25 heavy (non-hydrogen) atoms.